The van der Waals surface area contributed by atoms with E-state index < -0.39 is 5.41 Å². The van der Waals surface area contributed by atoms with E-state index in [1.807, 2.05) is 72.8 Å². The minimum atomic E-state index is -0.540. The van der Waals surface area contributed by atoms with E-state index in [1.54, 1.807) is 0 Å². The minimum absolute atomic E-state index is 0.540. The molecule has 0 N–H and O–H groups in total. The molecule has 0 unspecified atom stereocenters. The topological polar surface area (TPSA) is 61.0 Å². The molecule has 1 aliphatic carbocycles. The summed E-state index contributed by atoms with van der Waals surface area (Å²) >= 11 is 0. The van der Waals surface area contributed by atoms with Gasteiger partial charge in [-0.05, 0) is 52.6 Å². The highest BCUT2D eigenvalue weighted by Gasteiger charge is 2.51. The van der Waals surface area contributed by atoms with Gasteiger partial charge in [0.05, 0.1) is 5.41 Å². The largest absolute Gasteiger partial charge is 0.457 e. The molecule has 9 aromatic rings. The van der Waals surface area contributed by atoms with Crippen molar-refractivity contribution in [2.75, 3.05) is 0 Å². The van der Waals surface area contributed by atoms with Crippen LogP contribution in [0.1, 0.15) is 22.3 Å². The molecule has 11 rings (SSSR count). The molecule has 5 heteroatoms. The van der Waals surface area contributed by atoms with E-state index >= 15 is 0 Å². The third-order valence-corrected chi connectivity index (χ3v) is 10.4. The zero-order chi connectivity index (χ0) is 33.5. The second-order valence-electron chi connectivity index (χ2n) is 13.1. The Kier molecular flexibility index (Phi) is 5.81. The fourth-order valence-corrected chi connectivity index (χ4v) is 8.28. The van der Waals surface area contributed by atoms with E-state index in [1.165, 1.54) is 22.3 Å². The lowest BCUT2D eigenvalue weighted by molar-refractivity contribution is 0.436. The first-order chi connectivity index (χ1) is 25.3. The highest BCUT2D eigenvalue weighted by Crippen LogP contribution is 2.63. The normalized spacial score (nSPS) is 13.4. The number of benzene rings is 7. The van der Waals surface area contributed by atoms with Crippen LogP contribution >= 0.6 is 0 Å². The molecular weight excluding hydrogens is 627 g/mol. The van der Waals surface area contributed by atoms with Crippen LogP contribution in [0.15, 0.2) is 168 Å². The number of hydrogen-bond acceptors (Lipinski definition) is 5. The highest BCUT2D eigenvalue weighted by molar-refractivity contribution is 6.16. The SMILES string of the molecule is c1ccc(-c2nc(-c3ccccc3)nc(-c3ccc4c(c3)oc3ccc5c(c34)-c3ccccc3C53c4ccccc4Oc4ccccc43)n2)cc1. The molecule has 51 heavy (non-hydrogen) atoms. The number of hydrogen-bond donors (Lipinski definition) is 0. The highest BCUT2D eigenvalue weighted by atomic mass is 16.5. The van der Waals surface area contributed by atoms with E-state index in [-0.39, 0.29) is 0 Å². The van der Waals surface area contributed by atoms with Gasteiger partial charge in [-0.2, -0.15) is 0 Å². The van der Waals surface area contributed by atoms with Gasteiger partial charge in [-0.15, -0.1) is 0 Å². The first-order valence-corrected chi connectivity index (χ1v) is 17.1. The van der Waals surface area contributed by atoms with E-state index in [0.717, 1.165) is 61.3 Å². The molecule has 3 heterocycles. The Morgan fingerprint density at radius 2 is 0.961 bits per heavy atom. The molecule has 2 aliphatic rings. The number of para-hydroxylation sites is 2. The predicted molar refractivity (Wildman–Crippen MR) is 201 cm³/mol. The maximum absolute atomic E-state index is 6.70. The summed E-state index contributed by atoms with van der Waals surface area (Å²) in [5.74, 6) is 3.60. The molecule has 7 aromatic carbocycles. The molecule has 5 nitrogen and oxygen atoms in total. The molecule has 0 radical (unpaired) electrons. The summed E-state index contributed by atoms with van der Waals surface area (Å²) in [6, 6.07) is 56.5. The van der Waals surface area contributed by atoms with E-state index in [2.05, 4.69) is 91.0 Å². The van der Waals surface area contributed by atoms with Crippen molar-refractivity contribution in [2.45, 2.75) is 5.41 Å². The first-order valence-electron chi connectivity index (χ1n) is 17.1. The molecule has 1 aliphatic heterocycles. The Balaban J connectivity index is 1.15. The molecule has 0 amide bonds. The number of aromatic nitrogens is 3. The van der Waals surface area contributed by atoms with Gasteiger partial charge in [-0.1, -0.05) is 133 Å². The van der Waals surface area contributed by atoms with Gasteiger partial charge in [-0.25, -0.2) is 15.0 Å². The third kappa shape index (κ3) is 3.94. The average Bonchev–Trinajstić information content (AvgIpc) is 3.72. The van der Waals surface area contributed by atoms with Crippen LogP contribution in [-0.4, -0.2) is 15.0 Å². The van der Waals surface area contributed by atoms with Crippen LogP contribution in [0.3, 0.4) is 0 Å². The Morgan fingerprint density at radius 3 is 1.61 bits per heavy atom. The van der Waals surface area contributed by atoms with Gasteiger partial charge >= 0.3 is 0 Å². The number of rotatable bonds is 3. The predicted octanol–water partition coefficient (Wildman–Crippen LogP) is 11.2. The minimum Gasteiger partial charge on any atom is -0.457 e. The van der Waals surface area contributed by atoms with Crippen molar-refractivity contribution in [3.63, 3.8) is 0 Å². The van der Waals surface area contributed by atoms with E-state index in [9.17, 15) is 0 Å². The van der Waals surface area contributed by atoms with Gasteiger partial charge in [0.25, 0.3) is 0 Å². The van der Waals surface area contributed by atoms with Crippen molar-refractivity contribution in [3.8, 4) is 56.8 Å². The maximum Gasteiger partial charge on any atom is 0.164 e. The van der Waals surface area contributed by atoms with Crippen LogP contribution < -0.4 is 4.74 Å². The van der Waals surface area contributed by atoms with Gasteiger partial charge in [-0.3, -0.25) is 0 Å². The Bertz CT molecular complexity index is 2740. The lowest BCUT2D eigenvalue weighted by Crippen LogP contribution is -2.32. The summed E-state index contributed by atoms with van der Waals surface area (Å²) < 4.78 is 13.2. The zero-order valence-corrected chi connectivity index (χ0v) is 27.2. The van der Waals surface area contributed by atoms with Gasteiger partial charge in [0, 0.05) is 38.6 Å². The summed E-state index contributed by atoms with van der Waals surface area (Å²) in [4.78, 5) is 14.8. The van der Waals surface area contributed by atoms with Crippen molar-refractivity contribution in [1.82, 2.24) is 15.0 Å². The van der Waals surface area contributed by atoms with Crippen molar-refractivity contribution in [1.29, 1.82) is 0 Å². The molecule has 0 atom stereocenters. The van der Waals surface area contributed by atoms with Crippen LogP contribution in [-0.2, 0) is 5.41 Å². The standard InChI is InChI=1S/C46H27N3O2/c1-3-13-28(14-4-1)43-47-44(29-15-5-2-6-16-29)49-45(48-43)30-23-24-32-40(27-30)51-39-26-25-36-41(42(32)39)31-17-7-8-18-33(31)46(36)34-19-9-11-21-37(34)50-38-22-12-10-20-35(38)46/h1-27H. The fraction of sp³-hybridized carbons (Fsp3) is 0.0217. The smallest absolute Gasteiger partial charge is 0.164 e. The first kappa shape index (κ1) is 28.0. The Morgan fingerprint density at radius 1 is 0.412 bits per heavy atom. The van der Waals surface area contributed by atoms with Crippen molar-refractivity contribution >= 4 is 21.9 Å². The molecule has 0 saturated carbocycles. The summed E-state index contributed by atoms with van der Waals surface area (Å²) in [6.45, 7) is 0. The molecule has 2 aromatic heterocycles. The van der Waals surface area contributed by atoms with Crippen molar-refractivity contribution < 1.29 is 9.15 Å². The second kappa shape index (κ2) is 10.6. The third-order valence-electron chi connectivity index (χ3n) is 10.4. The van der Waals surface area contributed by atoms with Crippen molar-refractivity contribution in [3.05, 3.63) is 186 Å². The molecule has 0 saturated heterocycles. The summed E-state index contributed by atoms with van der Waals surface area (Å²) in [5.41, 5.74) is 11.0. The molecule has 238 valence electrons. The van der Waals surface area contributed by atoms with Gasteiger partial charge in [0.2, 0.25) is 0 Å². The summed E-state index contributed by atoms with van der Waals surface area (Å²) in [7, 11) is 0. The zero-order valence-electron chi connectivity index (χ0n) is 27.2. The summed E-state index contributed by atoms with van der Waals surface area (Å²) in [6.07, 6.45) is 0. The Labute approximate surface area is 293 Å². The number of furan rings is 1. The van der Waals surface area contributed by atoms with Crippen LogP contribution in [0.25, 0.3) is 67.2 Å². The molecule has 0 fully saturated rings. The number of nitrogens with zero attached hydrogens (tertiary/aromatic N) is 3. The fourth-order valence-electron chi connectivity index (χ4n) is 8.28. The van der Waals surface area contributed by atoms with Gasteiger partial charge in [0.15, 0.2) is 17.5 Å². The van der Waals surface area contributed by atoms with Crippen molar-refractivity contribution in [2.24, 2.45) is 0 Å². The Hall–Kier alpha value is -6.85. The van der Waals surface area contributed by atoms with Crippen LogP contribution in [0.2, 0.25) is 0 Å². The quantitative estimate of drug-likeness (QED) is 0.190. The molecule has 0 bridgehead atoms. The van der Waals surface area contributed by atoms with E-state index in [0.29, 0.717) is 17.5 Å². The van der Waals surface area contributed by atoms with Crippen LogP contribution in [0, 0.1) is 0 Å². The van der Waals surface area contributed by atoms with Crippen LogP contribution in [0.4, 0.5) is 0 Å². The van der Waals surface area contributed by atoms with Crippen LogP contribution in [0.5, 0.6) is 11.5 Å². The number of ether oxygens (including phenoxy) is 1. The summed E-state index contributed by atoms with van der Waals surface area (Å²) in [5, 5.41) is 2.15. The second-order valence-corrected chi connectivity index (χ2v) is 13.1. The average molecular weight is 654 g/mol. The van der Waals surface area contributed by atoms with Gasteiger partial charge < -0.3 is 9.15 Å². The van der Waals surface area contributed by atoms with E-state index in [4.69, 9.17) is 24.1 Å². The lowest BCUT2D eigenvalue weighted by Gasteiger charge is -2.39. The molecule has 1 spiro atoms. The monoisotopic (exact) mass is 653 g/mol. The maximum atomic E-state index is 6.70. The lowest BCUT2D eigenvalue weighted by atomic mass is 9.66. The van der Waals surface area contributed by atoms with Gasteiger partial charge in [0.1, 0.15) is 22.7 Å². The number of fused-ring (bicyclic) bond motifs is 13. The molecular formula is C46H27N3O2.